The molecule has 0 heterocycles. The molecule has 0 N–H and O–H groups in total. The second-order valence-corrected chi connectivity index (χ2v) is 14.4. The second kappa shape index (κ2) is 6.11. The Morgan fingerprint density at radius 2 is 1.65 bits per heavy atom. The van der Waals surface area contributed by atoms with E-state index in [4.69, 9.17) is 0 Å². The van der Waals surface area contributed by atoms with Gasteiger partial charge in [0.05, 0.1) is 8.07 Å². The lowest BCUT2D eigenvalue weighted by molar-refractivity contribution is 0.716. The number of hydrogen-bond donors (Lipinski definition) is 0. The third-order valence-corrected chi connectivity index (χ3v) is 11.5. The molecule has 0 unspecified atom stereocenters. The molecule has 0 atom stereocenters. The van der Waals surface area contributed by atoms with E-state index >= 15 is 0 Å². The molecule has 0 aliphatic rings. The summed E-state index contributed by atoms with van der Waals surface area (Å²) in [5, 5.41) is 0.514. The summed E-state index contributed by atoms with van der Waals surface area (Å²) < 4.78 is 1.32. The highest BCUT2D eigenvalue weighted by Crippen LogP contribution is 2.39. The maximum Gasteiger partial charge on any atom is 0.0535 e. The lowest BCUT2D eigenvalue weighted by atomic mass is 10.2. The fraction of sp³-hybridized carbons (Fsp3) is 0.571. The predicted molar refractivity (Wildman–Crippen MR) is 91.9 cm³/mol. The number of thioether (sulfide) groups is 1. The highest BCUT2D eigenvalue weighted by atomic mass is 127. The Morgan fingerprint density at radius 1 is 1.12 bits per heavy atom. The number of hydrogen-bond acceptors (Lipinski definition) is 1. The van der Waals surface area contributed by atoms with Gasteiger partial charge in [-0.25, -0.2) is 0 Å². The first-order chi connectivity index (χ1) is 7.72. The van der Waals surface area contributed by atoms with Crippen molar-refractivity contribution in [2.45, 2.75) is 49.8 Å². The summed E-state index contributed by atoms with van der Waals surface area (Å²) >= 11 is 4.36. The second-order valence-electron chi connectivity index (χ2n) is 6.19. The standard InChI is InChI=1S/C14H23ISSi/c1-14(2,3)17(4,5)11-10-16-13-8-6-12(15)7-9-13/h6-9H,10-11H2,1-5H3. The monoisotopic (exact) mass is 378 g/mol. The fourth-order valence-electron chi connectivity index (χ4n) is 1.33. The van der Waals surface area contributed by atoms with Gasteiger partial charge in [0.25, 0.3) is 0 Å². The molecule has 17 heavy (non-hydrogen) atoms. The van der Waals surface area contributed by atoms with E-state index in [0.29, 0.717) is 5.04 Å². The smallest absolute Gasteiger partial charge is 0.0535 e. The van der Waals surface area contributed by atoms with Gasteiger partial charge in [-0.1, -0.05) is 33.9 Å². The van der Waals surface area contributed by atoms with Crippen LogP contribution in [-0.4, -0.2) is 13.8 Å². The molecule has 0 bridgehead atoms. The Balaban J connectivity index is 2.45. The summed E-state index contributed by atoms with van der Waals surface area (Å²) in [5.41, 5.74) is 0. The van der Waals surface area contributed by atoms with Crippen LogP contribution in [0.25, 0.3) is 0 Å². The van der Waals surface area contributed by atoms with Crippen molar-refractivity contribution in [3.05, 3.63) is 27.8 Å². The minimum absolute atomic E-state index is 0.514. The normalized spacial score (nSPS) is 12.8. The van der Waals surface area contributed by atoms with Crippen LogP contribution in [-0.2, 0) is 0 Å². The molecule has 0 aliphatic carbocycles. The molecule has 0 fully saturated rings. The molecule has 1 aromatic rings. The van der Waals surface area contributed by atoms with Gasteiger partial charge >= 0.3 is 0 Å². The zero-order valence-electron chi connectivity index (χ0n) is 11.5. The van der Waals surface area contributed by atoms with E-state index < -0.39 is 8.07 Å². The minimum atomic E-state index is -1.09. The number of benzene rings is 1. The van der Waals surface area contributed by atoms with Crippen LogP contribution in [0.4, 0.5) is 0 Å². The molecule has 1 rings (SSSR count). The third-order valence-electron chi connectivity index (χ3n) is 3.84. The Hall–Kier alpha value is 0.517. The summed E-state index contributed by atoms with van der Waals surface area (Å²) in [7, 11) is -1.09. The van der Waals surface area contributed by atoms with E-state index in [1.54, 1.807) is 0 Å². The Labute approximate surface area is 125 Å². The molecule has 0 saturated carbocycles. The maximum absolute atomic E-state index is 2.52. The van der Waals surface area contributed by atoms with Gasteiger partial charge in [-0.05, 0) is 63.7 Å². The van der Waals surface area contributed by atoms with Gasteiger partial charge in [0, 0.05) is 8.47 Å². The number of rotatable bonds is 4. The third kappa shape index (κ3) is 4.95. The topological polar surface area (TPSA) is 0 Å². The van der Waals surface area contributed by atoms with Crippen molar-refractivity contribution < 1.29 is 0 Å². The van der Waals surface area contributed by atoms with Crippen molar-refractivity contribution in [3.63, 3.8) is 0 Å². The summed E-state index contributed by atoms with van der Waals surface area (Å²) in [4.78, 5) is 1.41. The van der Waals surface area contributed by atoms with Gasteiger partial charge in [-0.2, -0.15) is 0 Å². The molecule has 3 heteroatoms. The van der Waals surface area contributed by atoms with E-state index in [0.717, 1.165) is 0 Å². The molecular formula is C14H23ISSi. The molecule has 0 amide bonds. The first-order valence-electron chi connectivity index (χ1n) is 6.11. The van der Waals surface area contributed by atoms with E-state index in [-0.39, 0.29) is 0 Å². The van der Waals surface area contributed by atoms with Gasteiger partial charge in [0.15, 0.2) is 0 Å². The van der Waals surface area contributed by atoms with Crippen LogP contribution in [0.5, 0.6) is 0 Å². The van der Waals surface area contributed by atoms with Crippen LogP contribution < -0.4 is 0 Å². The number of halogens is 1. The molecule has 0 aromatic heterocycles. The lowest BCUT2D eigenvalue weighted by Gasteiger charge is -2.37. The average molecular weight is 378 g/mol. The molecular weight excluding hydrogens is 355 g/mol. The summed E-state index contributed by atoms with van der Waals surface area (Å²) in [6.07, 6.45) is 0. The molecule has 0 nitrogen and oxygen atoms in total. The lowest BCUT2D eigenvalue weighted by Crippen LogP contribution is -2.37. The summed E-state index contributed by atoms with van der Waals surface area (Å²) in [6, 6.07) is 10.2. The van der Waals surface area contributed by atoms with Crippen molar-refractivity contribution in [1.29, 1.82) is 0 Å². The van der Waals surface area contributed by atoms with Crippen LogP contribution in [0.1, 0.15) is 20.8 Å². The van der Waals surface area contributed by atoms with Crippen LogP contribution in [0.15, 0.2) is 29.2 Å². The Kier molecular flexibility index (Phi) is 5.60. The fourth-order valence-corrected chi connectivity index (χ4v) is 5.45. The zero-order chi connectivity index (χ0) is 13.1. The van der Waals surface area contributed by atoms with Gasteiger partial charge in [-0.15, -0.1) is 11.8 Å². The quantitative estimate of drug-likeness (QED) is 0.358. The minimum Gasteiger partial charge on any atom is -0.126 e. The molecule has 0 radical (unpaired) electrons. The van der Waals surface area contributed by atoms with E-state index in [1.165, 1.54) is 20.3 Å². The van der Waals surface area contributed by atoms with Crippen LogP contribution in [0.2, 0.25) is 24.2 Å². The first-order valence-corrected chi connectivity index (χ1v) is 11.4. The van der Waals surface area contributed by atoms with Gasteiger partial charge in [0.1, 0.15) is 0 Å². The maximum atomic E-state index is 2.52. The molecule has 0 spiro atoms. The van der Waals surface area contributed by atoms with Gasteiger partial charge in [0.2, 0.25) is 0 Å². The zero-order valence-corrected chi connectivity index (χ0v) is 15.5. The van der Waals surface area contributed by atoms with Crippen molar-refractivity contribution in [3.8, 4) is 0 Å². The van der Waals surface area contributed by atoms with E-state index in [9.17, 15) is 0 Å². The average Bonchev–Trinajstić information content (AvgIpc) is 2.19. The predicted octanol–water partition coefficient (Wildman–Crippen LogP) is 5.89. The van der Waals surface area contributed by atoms with Gasteiger partial charge in [-0.3, -0.25) is 0 Å². The van der Waals surface area contributed by atoms with E-state index in [1.807, 2.05) is 11.8 Å². The molecule has 0 saturated heterocycles. The highest BCUT2D eigenvalue weighted by molar-refractivity contribution is 14.1. The summed E-state index contributed by atoms with van der Waals surface area (Å²) in [6.45, 7) is 12.2. The van der Waals surface area contributed by atoms with E-state index in [2.05, 4.69) is 80.7 Å². The van der Waals surface area contributed by atoms with Crippen molar-refractivity contribution in [1.82, 2.24) is 0 Å². The van der Waals surface area contributed by atoms with Gasteiger partial charge < -0.3 is 0 Å². The molecule has 1 aromatic carbocycles. The highest BCUT2D eigenvalue weighted by Gasteiger charge is 2.34. The largest absolute Gasteiger partial charge is 0.126 e. The Bertz CT molecular complexity index is 351. The SMILES string of the molecule is CC(C)(C)[Si](C)(C)CCSc1ccc(I)cc1. The van der Waals surface area contributed by atoms with Crippen LogP contribution in [0, 0.1) is 3.57 Å². The van der Waals surface area contributed by atoms with Crippen LogP contribution in [0.3, 0.4) is 0 Å². The first kappa shape index (κ1) is 15.6. The van der Waals surface area contributed by atoms with Crippen LogP contribution >= 0.6 is 34.4 Å². The van der Waals surface area contributed by atoms with Crippen molar-refractivity contribution in [2.75, 3.05) is 5.75 Å². The Morgan fingerprint density at radius 3 is 2.12 bits per heavy atom. The van der Waals surface area contributed by atoms with Crippen molar-refractivity contribution >= 4 is 42.4 Å². The summed E-state index contributed by atoms with van der Waals surface area (Å²) in [5.74, 6) is 1.26. The molecule has 0 aliphatic heterocycles. The molecule has 96 valence electrons. The van der Waals surface area contributed by atoms with Crippen molar-refractivity contribution in [2.24, 2.45) is 0 Å².